The highest BCUT2D eigenvalue weighted by atomic mass is 19.4. The van der Waals surface area contributed by atoms with Gasteiger partial charge >= 0.3 is 18.2 Å². The van der Waals surface area contributed by atoms with E-state index in [1.165, 1.54) is 17.7 Å². The molecule has 0 aromatic heterocycles. The number of allylic oxidation sites excluding steroid dienone is 1. The molecule has 1 unspecified atom stereocenters. The van der Waals surface area contributed by atoms with Gasteiger partial charge in [-0.05, 0) is 36.8 Å². The smallest absolute Gasteiger partial charge is 0.374 e. The molecule has 0 aliphatic carbocycles. The molecule has 1 N–H and O–H groups in total. The van der Waals surface area contributed by atoms with Gasteiger partial charge < -0.3 is 10.1 Å². The first-order valence-electron chi connectivity index (χ1n) is 11.3. The molecule has 0 saturated carbocycles. The molecule has 2 aromatic rings. The van der Waals surface area contributed by atoms with Crippen molar-refractivity contribution in [1.29, 1.82) is 0 Å². The van der Waals surface area contributed by atoms with Crippen molar-refractivity contribution in [3.8, 4) is 0 Å². The maximum absolute atomic E-state index is 13.2. The fraction of sp³-hybridized carbons (Fsp3) is 0.360. The average Bonchev–Trinajstić information content (AvgIpc) is 2.83. The van der Waals surface area contributed by atoms with Crippen molar-refractivity contribution in [2.24, 2.45) is 0 Å². The van der Waals surface area contributed by atoms with E-state index in [4.69, 9.17) is 4.74 Å². The lowest BCUT2D eigenvalue weighted by Gasteiger charge is -2.35. The minimum Gasteiger partial charge on any atom is -0.374 e. The van der Waals surface area contributed by atoms with Crippen molar-refractivity contribution < 1.29 is 27.5 Å². The summed E-state index contributed by atoms with van der Waals surface area (Å²) in [4.78, 5) is 30.2. The van der Waals surface area contributed by atoms with Crippen LogP contribution in [0.1, 0.15) is 18.1 Å². The standard InChI is InChI=1S/C25H27F3N4O3/c1-18-10-11-31(24(34)32(18)21-9-5-8-20(14-21)25(26,27)28)23(33)29-15-22-17-30(12-13-35-22)16-19-6-3-2-4-7-19/h2-10,14,22H,11-13,15-17H2,1H3,(H,29,33). The first-order chi connectivity index (χ1) is 16.7. The van der Waals surface area contributed by atoms with Gasteiger partial charge in [-0.25, -0.2) is 14.5 Å². The van der Waals surface area contributed by atoms with Crippen molar-refractivity contribution in [3.05, 3.63) is 77.5 Å². The molecule has 1 saturated heterocycles. The van der Waals surface area contributed by atoms with Crippen LogP contribution in [0, 0.1) is 0 Å². The van der Waals surface area contributed by atoms with Crippen molar-refractivity contribution >= 4 is 17.7 Å². The zero-order chi connectivity index (χ0) is 25.0. The van der Waals surface area contributed by atoms with Gasteiger partial charge in [-0.1, -0.05) is 36.4 Å². The van der Waals surface area contributed by atoms with Gasteiger partial charge in [0, 0.05) is 31.9 Å². The van der Waals surface area contributed by atoms with E-state index in [1.807, 2.05) is 18.2 Å². The van der Waals surface area contributed by atoms with Crippen LogP contribution in [0.4, 0.5) is 28.4 Å². The number of nitrogens with one attached hydrogen (secondary N) is 1. The topological polar surface area (TPSA) is 65.1 Å². The van der Waals surface area contributed by atoms with Gasteiger partial charge in [0.1, 0.15) is 0 Å². The molecule has 0 spiro atoms. The third-order valence-electron chi connectivity index (χ3n) is 5.97. The molecule has 2 heterocycles. The second-order valence-corrected chi connectivity index (χ2v) is 8.52. The normalized spacial score (nSPS) is 19.5. The monoisotopic (exact) mass is 488 g/mol. The Morgan fingerprint density at radius 3 is 2.66 bits per heavy atom. The van der Waals surface area contributed by atoms with E-state index < -0.39 is 23.8 Å². The van der Waals surface area contributed by atoms with E-state index in [-0.39, 0.29) is 24.9 Å². The number of benzene rings is 2. The molecule has 2 aliphatic heterocycles. The molecule has 0 bridgehead atoms. The molecule has 4 rings (SSSR count). The van der Waals surface area contributed by atoms with Gasteiger partial charge in [0.15, 0.2) is 0 Å². The third kappa shape index (κ3) is 6.01. The van der Waals surface area contributed by atoms with Crippen LogP contribution >= 0.6 is 0 Å². The Morgan fingerprint density at radius 1 is 1.14 bits per heavy atom. The summed E-state index contributed by atoms with van der Waals surface area (Å²) in [5.74, 6) is 0. The fourth-order valence-electron chi connectivity index (χ4n) is 4.16. The summed E-state index contributed by atoms with van der Waals surface area (Å²) >= 11 is 0. The van der Waals surface area contributed by atoms with Crippen molar-refractivity contribution in [2.75, 3.05) is 37.7 Å². The van der Waals surface area contributed by atoms with Gasteiger partial charge in [0.2, 0.25) is 0 Å². The van der Waals surface area contributed by atoms with E-state index in [2.05, 4.69) is 22.3 Å². The van der Waals surface area contributed by atoms with Crippen LogP contribution < -0.4 is 10.2 Å². The number of alkyl halides is 3. The molecule has 7 nitrogen and oxygen atoms in total. The van der Waals surface area contributed by atoms with Crippen molar-refractivity contribution in [1.82, 2.24) is 15.1 Å². The summed E-state index contributed by atoms with van der Waals surface area (Å²) in [5, 5.41) is 2.74. The summed E-state index contributed by atoms with van der Waals surface area (Å²) < 4.78 is 45.2. The van der Waals surface area contributed by atoms with Gasteiger partial charge in [-0.15, -0.1) is 0 Å². The second-order valence-electron chi connectivity index (χ2n) is 8.52. The number of halogens is 3. The van der Waals surface area contributed by atoms with Crippen molar-refractivity contribution in [2.45, 2.75) is 25.7 Å². The van der Waals surface area contributed by atoms with Crippen molar-refractivity contribution in [3.63, 3.8) is 0 Å². The highest BCUT2D eigenvalue weighted by Crippen LogP contribution is 2.33. The number of ether oxygens (including phenoxy) is 1. The van der Waals surface area contributed by atoms with E-state index >= 15 is 0 Å². The quantitative estimate of drug-likeness (QED) is 0.675. The average molecular weight is 489 g/mol. The lowest BCUT2D eigenvalue weighted by atomic mass is 10.1. The Morgan fingerprint density at radius 2 is 1.91 bits per heavy atom. The van der Waals surface area contributed by atoms with Crippen LogP contribution in [0.2, 0.25) is 0 Å². The van der Waals surface area contributed by atoms with E-state index in [0.717, 1.165) is 35.0 Å². The molecule has 2 aromatic carbocycles. The maximum atomic E-state index is 13.2. The van der Waals surface area contributed by atoms with Crippen LogP contribution in [0.15, 0.2) is 66.4 Å². The molecule has 2 aliphatic rings. The van der Waals surface area contributed by atoms with E-state index in [0.29, 0.717) is 18.8 Å². The first kappa shape index (κ1) is 24.7. The van der Waals surface area contributed by atoms with Crippen LogP contribution in [0.3, 0.4) is 0 Å². The minimum absolute atomic E-state index is 0.0254. The molecule has 186 valence electrons. The lowest BCUT2D eigenvalue weighted by molar-refractivity contribution is -0.137. The lowest BCUT2D eigenvalue weighted by Crippen LogP contribution is -2.54. The zero-order valence-electron chi connectivity index (χ0n) is 19.3. The predicted molar refractivity (Wildman–Crippen MR) is 125 cm³/mol. The van der Waals surface area contributed by atoms with Gasteiger partial charge in [0.05, 0.1) is 30.5 Å². The molecule has 35 heavy (non-hydrogen) atoms. The zero-order valence-corrected chi connectivity index (χ0v) is 19.3. The Bertz CT molecular complexity index is 1090. The Kier molecular flexibility index (Phi) is 7.42. The predicted octanol–water partition coefficient (Wildman–Crippen LogP) is 4.46. The van der Waals surface area contributed by atoms with Gasteiger partial charge in [-0.2, -0.15) is 13.2 Å². The summed E-state index contributed by atoms with van der Waals surface area (Å²) in [7, 11) is 0. The number of urea groups is 2. The first-order valence-corrected chi connectivity index (χ1v) is 11.3. The number of morpholine rings is 1. The summed E-state index contributed by atoms with van der Waals surface area (Å²) in [6.07, 6.45) is -3.16. The van der Waals surface area contributed by atoms with Crippen LogP contribution in [-0.4, -0.2) is 60.8 Å². The molecule has 4 amide bonds. The number of hydrogen-bond acceptors (Lipinski definition) is 4. The molecule has 1 atom stereocenters. The number of hydrogen-bond donors (Lipinski definition) is 1. The number of carbonyl (C=O) groups is 2. The second kappa shape index (κ2) is 10.5. The van der Waals surface area contributed by atoms with Gasteiger partial charge in [-0.3, -0.25) is 9.80 Å². The number of nitrogens with zero attached hydrogens (tertiary/aromatic N) is 3. The third-order valence-corrected chi connectivity index (χ3v) is 5.97. The Balaban J connectivity index is 1.37. The Labute approximate surface area is 201 Å². The number of carbonyl (C=O) groups excluding carboxylic acids is 2. The molecular weight excluding hydrogens is 461 g/mol. The fourth-order valence-corrected chi connectivity index (χ4v) is 4.16. The van der Waals surface area contributed by atoms with E-state index in [9.17, 15) is 22.8 Å². The van der Waals surface area contributed by atoms with E-state index in [1.54, 1.807) is 13.0 Å². The van der Waals surface area contributed by atoms with Crippen LogP contribution in [-0.2, 0) is 17.5 Å². The van der Waals surface area contributed by atoms with Gasteiger partial charge in [0.25, 0.3) is 0 Å². The maximum Gasteiger partial charge on any atom is 0.416 e. The minimum atomic E-state index is -4.54. The molecule has 0 radical (unpaired) electrons. The summed E-state index contributed by atoms with van der Waals surface area (Å²) in [5.41, 5.74) is 0.813. The highest BCUT2D eigenvalue weighted by molar-refractivity contribution is 6.05. The summed E-state index contributed by atoms with van der Waals surface area (Å²) in [6.45, 7) is 4.55. The number of anilines is 1. The number of amides is 4. The molecular formula is C25H27F3N4O3. The molecule has 1 fully saturated rings. The number of rotatable bonds is 5. The van der Waals surface area contributed by atoms with Crippen LogP contribution in [0.5, 0.6) is 0 Å². The van der Waals surface area contributed by atoms with Crippen LogP contribution in [0.25, 0.3) is 0 Å². The summed E-state index contributed by atoms with van der Waals surface area (Å²) in [6, 6.07) is 13.2. The highest BCUT2D eigenvalue weighted by Gasteiger charge is 2.35. The Hall–Kier alpha value is -3.37. The SMILES string of the molecule is CC1=CCN(C(=O)NCC2CN(Cc3ccccc3)CCO2)C(=O)N1c1cccc(C(F)(F)F)c1. The largest absolute Gasteiger partial charge is 0.416 e. The number of imide groups is 1. The molecule has 10 heteroatoms.